The minimum Gasteiger partial charge on any atom is -0.391 e. The molecule has 2 atom stereocenters. The van der Waals surface area contributed by atoms with Crippen molar-refractivity contribution in [2.45, 2.75) is 31.4 Å². The summed E-state index contributed by atoms with van der Waals surface area (Å²) in [6.07, 6.45) is 0.187. The molecule has 0 amide bonds. The zero-order valence-electron chi connectivity index (χ0n) is 11.2. The molecule has 19 heavy (non-hydrogen) atoms. The Morgan fingerprint density at radius 3 is 1.68 bits per heavy atom. The van der Waals surface area contributed by atoms with Crippen LogP contribution in [0.25, 0.3) is 0 Å². The number of nitrogens with two attached hydrogens (primary N) is 1. The van der Waals surface area contributed by atoms with E-state index in [0.29, 0.717) is 0 Å². The van der Waals surface area contributed by atoms with Gasteiger partial charge in [0.15, 0.2) is 0 Å². The lowest BCUT2D eigenvalue weighted by Gasteiger charge is -2.28. The molecule has 3 N–H and O–H groups in total. The van der Waals surface area contributed by atoms with Crippen LogP contribution in [0.5, 0.6) is 0 Å². The molecule has 0 fully saturated rings. The first-order valence-corrected chi connectivity index (χ1v) is 6.77. The largest absolute Gasteiger partial charge is 0.391 e. The fraction of sp³-hybridized carbons (Fsp3) is 0.294. The average molecular weight is 255 g/mol. The van der Waals surface area contributed by atoms with Crippen LogP contribution in [0.1, 0.15) is 30.4 Å². The predicted molar refractivity (Wildman–Crippen MR) is 79.0 cm³/mol. The quantitative estimate of drug-likeness (QED) is 0.863. The Morgan fingerprint density at radius 1 is 0.895 bits per heavy atom. The molecule has 2 rings (SSSR count). The number of rotatable bonds is 5. The summed E-state index contributed by atoms with van der Waals surface area (Å²) >= 11 is 0. The van der Waals surface area contributed by atoms with E-state index in [1.807, 2.05) is 67.6 Å². The topological polar surface area (TPSA) is 46.2 Å². The molecule has 2 nitrogen and oxygen atoms in total. The van der Waals surface area contributed by atoms with Gasteiger partial charge in [-0.2, -0.15) is 0 Å². The van der Waals surface area contributed by atoms with E-state index in [9.17, 15) is 5.11 Å². The molecule has 0 radical (unpaired) electrons. The number of aliphatic hydroxyl groups is 1. The third kappa shape index (κ3) is 3.22. The maximum Gasteiger partial charge on any atom is 0.0799 e. The highest BCUT2D eigenvalue weighted by Crippen LogP contribution is 2.29. The van der Waals surface area contributed by atoms with Gasteiger partial charge >= 0.3 is 0 Å². The number of hydrogen-bond acceptors (Lipinski definition) is 2. The van der Waals surface area contributed by atoms with Gasteiger partial charge in [-0.15, -0.1) is 0 Å². The zero-order chi connectivity index (χ0) is 13.7. The Labute approximate surface area is 114 Å². The molecular weight excluding hydrogens is 234 g/mol. The van der Waals surface area contributed by atoms with Crippen LogP contribution in [0.3, 0.4) is 0 Å². The second-order valence-corrected chi connectivity index (χ2v) is 4.86. The van der Waals surface area contributed by atoms with E-state index in [1.165, 1.54) is 0 Å². The van der Waals surface area contributed by atoms with E-state index in [-0.39, 0.29) is 12.0 Å². The average Bonchev–Trinajstić information content (AvgIpc) is 2.49. The van der Waals surface area contributed by atoms with Crippen LogP contribution in [0.4, 0.5) is 0 Å². The lowest BCUT2D eigenvalue weighted by molar-refractivity contribution is 0.125. The van der Waals surface area contributed by atoms with Crippen molar-refractivity contribution in [1.29, 1.82) is 0 Å². The summed E-state index contributed by atoms with van der Waals surface area (Å²) in [4.78, 5) is 0. The van der Waals surface area contributed by atoms with E-state index in [1.54, 1.807) is 0 Å². The van der Waals surface area contributed by atoms with Crippen LogP contribution in [-0.2, 0) is 0 Å². The van der Waals surface area contributed by atoms with Crippen molar-refractivity contribution in [2.75, 3.05) is 0 Å². The van der Waals surface area contributed by atoms with Crippen LogP contribution < -0.4 is 5.73 Å². The molecule has 0 spiro atoms. The molecular formula is C17H21NO. The summed E-state index contributed by atoms with van der Waals surface area (Å²) in [7, 11) is 0. The van der Waals surface area contributed by atoms with Gasteiger partial charge < -0.3 is 10.8 Å². The minimum atomic E-state index is -0.574. The number of hydrogen-bond donors (Lipinski definition) is 2. The van der Waals surface area contributed by atoms with Crippen molar-refractivity contribution >= 4 is 0 Å². The molecule has 0 aliphatic heterocycles. The van der Waals surface area contributed by atoms with Crippen molar-refractivity contribution in [3.63, 3.8) is 0 Å². The summed E-state index contributed by atoms with van der Waals surface area (Å²) in [6.45, 7) is 2.00. The maximum atomic E-state index is 10.6. The number of benzene rings is 2. The summed E-state index contributed by atoms with van der Waals surface area (Å²) < 4.78 is 0. The minimum absolute atomic E-state index is 0.0719. The summed E-state index contributed by atoms with van der Waals surface area (Å²) in [5, 5.41) is 10.6. The van der Waals surface area contributed by atoms with E-state index in [0.717, 1.165) is 17.5 Å². The van der Waals surface area contributed by atoms with Crippen LogP contribution in [0.2, 0.25) is 0 Å². The highest BCUT2D eigenvalue weighted by Gasteiger charge is 2.26. The Balaban J connectivity index is 2.40. The van der Waals surface area contributed by atoms with Crippen molar-refractivity contribution in [3.8, 4) is 0 Å². The third-order valence-corrected chi connectivity index (χ3v) is 3.57. The predicted octanol–water partition coefficient (Wildman–Crippen LogP) is 2.92. The fourth-order valence-electron chi connectivity index (χ4n) is 2.40. The van der Waals surface area contributed by atoms with Gasteiger partial charge in [-0.25, -0.2) is 0 Å². The normalized spacial score (nSPS) is 14.3. The molecule has 100 valence electrons. The molecule has 2 aromatic carbocycles. The molecule has 0 saturated heterocycles. The van der Waals surface area contributed by atoms with Gasteiger partial charge in [-0.1, -0.05) is 67.6 Å². The number of aliphatic hydroxyl groups excluding tert-OH is 1. The molecule has 2 aromatic rings. The smallest absolute Gasteiger partial charge is 0.0799 e. The van der Waals surface area contributed by atoms with Gasteiger partial charge in [0, 0.05) is 12.0 Å². The van der Waals surface area contributed by atoms with Crippen LogP contribution in [0, 0.1) is 0 Å². The second kappa shape index (κ2) is 6.50. The summed E-state index contributed by atoms with van der Waals surface area (Å²) in [5.74, 6) is -0.0719. The lowest BCUT2D eigenvalue weighted by Crippen LogP contribution is -2.38. The first-order valence-electron chi connectivity index (χ1n) is 6.77. The van der Waals surface area contributed by atoms with Crippen molar-refractivity contribution in [2.24, 2.45) is 5.73 Å². The van der Waals surface area contributed by atoms with E-state index in [4.69, 9.17) is 5.73 Å². The highest BCUT2D eigenvalue weighted by atomic mass is 16.3. The molecule has 0 heterocycles. The monoisotopic (exact) mass is 255 g/mol. The SMILES string of the molecule is CCC(N)C(O)C(c1ccccc1)c1ccccc1. The van der Waals surface area contributed by atoms with Gasteiger partial charge in [0.1, 0.15) is 0 Å². The van der Waals surface area contributed by atoms with Gasteiger partial charge in [-0.05, 0) is 17.5 Å². The van der Waals surface area contributed by atoms with Crippen LogP contribution in [0.15, 0.2) is 60.7 Å². The van der Waals surface area contributed by atoms with E-state index >= 15 is 0 Å². The van der Waals surface area contributed by atoms with E-state index < -0.39 is 6.10 Å². The first-order chi connectivity index (χ1) is 9.24. The zero-order valence-corrected chi connectivity index (χ0v) is 11.2. The van der Waals surface area contributed by atoms with Gasteiger partial charge in [0.25, 0.3) is 0 Å². The Hall–Kier alpha value is -1.64. The molecule has 0 saturated carbocycles. The van der Waals surface area contributed by atoms with Crippen molar-refractivity contribution in [1.82, 2.24) is 0 Å². The third-order valence-electron chi connectivity index (χ3n) is 3.57. The Kier molecular flexibility index (Phi) is 4.72. The second-order valence-electron chi connectivity index (χ2n) is 4.86. The molecule has 0 aliphatic rings. The van der Waals surface area contributed by atoms with E-state index in [2.05, 4.69) is 0 Å². The first kappa shape index (κ1) is 13.8. The lowest BCUT2D eigenvalue weighted by atomic mass is 9.83. The molecule has 2 unspecified atom stereocenters. The summed E-state index contributed by atoms with van der Waals surface area (Å²) in [5.41, 5.74) is 8.25. The summed E-state index contributed by atoms with van der Waals surface area (Å²) in [6, 6.07) is 19.9. The molecule has 2 heteroatoms. The highest BCUT2D eigenvalue weighted by molar-refractivity contribution is 5.34. The molecule has 0 aliphatic carbocycles. The van der Waals surface area contributed by atoms with Gasteiger partial charge in [0.2, 0.25) is 0 Å². The molecule has 0 bridgehead atoms. The van der Waals surface area contributed by atoms with Crippen LogP contribution in [-0.4, -0.2) is 17.3 Å². The standard InChI is InChI=1S/C17H21NO/c1-2-15(18)17(19)16(13-9-5-3-6-10-13)14-11-7-4-8-12-14/h3-12,15-17,19H,2,18H2,1H3. The van der Waals surface area contributed by atoms with Gasteiger partial charge in [-0.3, -0.25) is 0 Å². The molecule has 0 aromatic heterocycles. The van der Waals surface area contributed by atoms with Crippen molar-refractivity contribution < 1.29 is 5.11 Å². The fourth-order valence-corrected chi connectivity index (χ4v) is 2.40. The Bertz CT molecular complexity index is 444. The van der Waals surface area contributed by atoms with Crippen molar-refractivity contribution in [3.05, 3.63) is 71.8 Å². The maximum absolute atomic E-state index is 10.6. The Morgan fingerprint density at radius 2 is 1.32 bits per heavy atom. The van der Waals surface area contributed by atoms with Gasteiger partial charge in [0.05, 0.1) is 6.10 Å². The van der Waals surface area contributed by atoms with Crippen LogP contribution >= 0.6 is 0 Å².